The van der Waals surface area contributed by atoms with E-state index in [9.17, 15) is 13.6 Å². The molecule has 1 N–H and O–H groups in total. The van der Waals surface area contributed by atoms with Gasteiger partial charge in [0.1, 0.15) is 11.6 Å². The standard InChI is InChI=1S/C14H9BrClF2NO2/c1-7-4-13(10(16)6-9(7)15)21-14(20)19-12-3-2-8(17)5-11(12)18/h2-6H,1H3,(H,19,20). The summed E-state index contributed by atoms with van der Waals surface area (Å²) in [6.45, 7) is 1.80. The number of anilines is 1. The van der Waals surface area contributed by atoms with Crippen LogP contribution in [0, 0.1) is 18.6 Å². The van der Waals surface area contributed by atoms with Crippen molar-refractivity contribution >= 4 is 39.3 Å². The second kappa shape index (κ2) is 6.41. The second-order valence-electron chi connectivity index (χ2n) is 4.17. The molecule has 0 bridgehead atoms. The summed E-state index contributed by atoms with van der Waals surface area (Å²) in [6.07, 6.45) is -0.927. The Balaban J connectivity index is 2.13. The van der Waals surface area contributed by atoms with Crippen LogP contribution in [0.3, 0.4) is 0 Å². The lowest BCUT2D eigenvalue weighted by Crippen LogP contribution is -2.18. The Hall–Kier alpha value is -1.66. The van der Waals surface area contributed by atoms with E-state index in [-0.39, 0.29) is 16.5 Å². The highest BCUT2D eigenvalue weighted by Gasteiger charge is 2.13. The first-order chi connectivity index (χ1) is 9.86. The van der Waals surface area contributed by atoms with Gasteiger partial charge in [-0.05, 0) is 36.8 Å². The maximum Gasteiger partial charge on any atom is 0.417 e. The van der Waals surface area contributed by atoms with Gasteiger partial charge >= 0.3 is 6.09 Å². The summed E-state index contributed by atoms with van der Waals surface area (Å²) >= 11 is 9.23. The highest BCUT2D eigenvalue weighted by molar-refractivity contribution is 9.10. The van der Waals surface area contributed by atoms with Crippen LogP contribution < -0.4 is 10.1 Å². The molecule has 7 heteroatoms. The van der Waals surface area contributed by atoms with E-state index in [1.165, 1.54) is 0 Å². The fraction of sp³-hybridized carbons (Fsp3) is 0.0714. The van der Waals surface area contributed by atoms with Crippen molar-refractivity contribution in [3.63, 3.8) is 0 Å². The summed E-state index contributed by atoms with van der Waals surface area (Å²) in [6, 6.07) is 5.92. The number of aryl methyl sites for hydroxylation is 1. The van der Waals surface area contributed by atoms with Gasteiger partial charge in [0.05, 0.1) is 10.7 Å². The number of halogens is 4. The fourth-order valence-electron chi connectivity index (χ4n) is 1.54. The first-order valence-electron chi connectivity index (χ1n) is 5.76. The molecule has 0 aromatic heterocycles. The topological polar surface area (TPSA) is 38.3 Å². The van der Waals surface area contributed by atoms with Crippen molar-refractivity contribution in [1.29, 1.82) is 0 Å². The van der Waals surface area contributed by atoms with Crippen molar-refractivity contribution in [2.24, 2.45) is 0 Å². The normalized spacial score (nSPS) is 10.3. The molecular formula is C14H9BrClF2NO2. The maximum atomic E-state index is 13.4. The zero-order valence-corrected chi connectivity index (χ0v) is 13.1. The summed E-state index contributed by atoms with van der Waals surface area (Å²) in [4.78, 5) is 11.7. The Morgan fingerprint density at radius 3 is 2.67 bits per heavy atom. The molecule has 2 aromatic carbocycles. The number of rotatable bonds is 2. The van der Waals surface area contributed by atoms with Gasteiger partial charge in [0.2, 0.25) is 0 Å². The SMILES string of the molecule is Cc1cc(OC(=O)Nc2ccc(F)cc2F)c(Cl)cc1Br. The molecule has 0 spiro atoms. The first-order valence-corrected chi connectivity index (χ1v) is 6.93. The number of carbonyl (C=O) groups excluding carboxylic acids is 1. The number of benzene rings is 2. The van der Waals surface area contributed by atoms with Gasteiger partial charge in [-0.3, -0.25) is 5.32 Å². The van der Waals surface area contributed by atoms with Crippen LogP contribution in [0.5, 0.6) is 5.75 Å². The molecule has 110 valence electrons. The summed E-state index contributed by atoms with van der Waals surface area (Å²) in [5, 5.41) is 2.40. The van der Waals surface area contributed by atoms with Gasteiger partial charge in [-0.2, -0.15) is 0 Å². The summed E-state index contributed by atoms with van der Waals surface area (Å²) in [5.74, 6) is -1.50. The molecule has 0 saturated heterocycles. The summed E-state index contributed by atoms with van der Waals surface area (Å²) in [5.41, 5.74) is 0.626. The van der Waals surface area contributed by atoms with Crippen molar-refractivity contribution in [1.82, 2.24) is 0 Å². The summed E-state index contributed by atoms with van der Waals surface area (Å²) in [7, 11) is 0. The van der Waals surface area contributed by atoms with Gasteiger partial charge in [-0.1, -0.05) is 27.5 Å². The molecule has 0 saturated carbocycles. The van der Waals surface area contributed by atoms with Crippen LogP contribution in [-0.4, -0.2) is 6.09 Å². The first kappa shape index (κ1) is 15.7. The Labute approximate surface area is 133 Å². The van der Waals surface area contributed by atoms with Gasteiger partial charge in [-0.25, -0.2) is 13.6 Å². The predicted octanol–water partition coefficient (Wildman–Crippen LogP) is 5.30. The van der Waals surface area contributed by atoms with Crippen LogP contribution in [0.15, 0.2) is 34.8 Å². The van der Waals surface area contributed by atoms with E-state index in [0.29, 0.717) is 6.07 Å². The molecule has 0 fully saturated rings. The molecule has 0 heterocycles. The smallest absolute Gasteiger partial charge is 0.408 e. The van der Waals surface area contributed by atoms with E-state index in [4.69, 9.17) is 16.3 Å². The third-order valence-electron chi connectivity index (χ3n) is 2.58. The average Bonchev–Trinajstić information content (AvgIpc) is 2.39. The lowest BCUT2D eigenvalue weighted by atomic mass is 10.2. The van der Waals surface area contributed by atoms with Crippen LogP contribution in [0.1, 0.15) is 5.56 Å². The highest BCUT2D eigenvalue weighted by atomic mass is 79.9. The second-order valence-corrected chi connectivity index (χ2v) is 5.43. The van der Waals surface area contributed by atoms with Crippen LogP contribution in [-0.2, 0) is 0 Å². The number of hydrogen-bond acceptors (Lipinski definition) is 2. The Morgan fingerprint density at radius 2 is 2.00 bits per heavy atom. The zero-order valence-electron chi connectivity index (χ0n) is 10.7. The molecule has 0 aliphatic rings. The molecular weight excluding hydrogens is 368 g/mol. The van der Waals surface area contributed by atoms with Crippen molar-refractivity contribution in [3.05, 3.63) is 57.0 Å². The number of hydrogen-bond donors (Lipinski definition) is 1. The molecule has 0 aliphatic heterocycles. The summed E-state index contributed by atoms with van der Waals surface area (Å²) < 4.78 is 31.9. The van der Waals surface area contributed by atoms with Gasteiger partial charge in [0.25, 0.3) is 0 Å². The monoisotopic (exact) mass is 375 g/mol. The van der Waals surface area contributed by atoms with E-state index in [2.05, 4.69) is 21.2 Å². The van der Waals surface area contributed by atoms with E-state index in [1.54, 1.807) is 19.1 Å². The molecule has 0 unspecified atom stereocenters. The highest BCUT2D eigenvalue weighted by Crippen LogP contribution is 2.31. The third-order valence-corrected chi connectivity index (χ3v) is 3.73. The predicted molar refractivity (Wildman–Crippen MR) is 79.9 cm³/mol. The average molecular weight is 377 g/mol. The van der Waals surface area contributed by atoms with Crippen LogP contribution >= 0.6 is 27.5 Å². The minimum atomic E-state index is -0.927. The third kappa shape index (κ3) is 3.92. The van der Waals surface area contributed by atoms with Crippen molar-refractivity contribution in [2.45, 2.75) is 6.92 Å². The molecule has 0 aliphatic carbocycles. The number of ether oxygens (including phenoxy) is 1. The van der Waals surface area contributed by atoms with Gasteiger partial charge < -0.3 is 4.74 Å². The zero-order chi connectivity index (χ0) is 15.6. The van der Waals surface area contributed by atoms with E-state index in [0.717, 1.165) is 22.2 Å². The quantitative estimate of drug-likeness (QED) is 0.772. The lowest BCUT2D eigenvalue weighted by Gasteiger charge is -2.10. The molecule has 21 heavy (non-hydrogen) atoms. The Kier molecular flexibility index (Phi) is 4.80. The van der Waals surface area contributed by atoms with E-state index < -0.39 is 17.7 Å². The minimum Gasteiger partial charge on any atom is -0.408 e. The van der Waals surface area contributed by atoms with Crippen LogP contribution in [0.25, 0.3) is 0 Å². The largest absolute Gasteiger partial charge is 0.417 e. The molecule has 1 amide bonds. The number of carbonyl (C=O) groups is 1. The fourth-order valence-corrected chi connectivity index (χ4v) is 2.21. The van der Waals surface area contributed by atoms with Gasteiger partial charge in [-0.15, -0.1) is 0 Å². The Bertz CT molecular complexity index is 710. The molecule has 2 rings (SSSR count). The van der Waals surface area contributed by atoms with Crippen molar-refractivity contribution < 1.29 is 18.3 Å². The lowest BCUT2D eigenvalue weighted by molar-refractivity contribution is 0.215. The van der Waals surface area contributed by atoms with Crippen molar-refractivity contribution in [2.75, 3.05) is 5.32 Å². The molecule has 0 radical (unpaired) electrons. The molecule has 2 aromatic rings. The molecule has 3 nitrogen and oxygen atoms in total. The van der Waals surface area contributed by atoms with Gasteiger partial charge in [0, 0.05) is 10.5 Å². The van der Waals surface area contributed by atoms with Crippen LogP contribution in [0.4, 0.5) is 19.3 Å². The molecule has 0 atom stereocenters. The maximum absolute atomic E-state index is 13.4. The minimum absolute atomic E-state index is 0.136. The Morgan fingerprint density at radius 1 is 1.29 bits per heavy atom. The van der Waals surface area contributed by atoms with Crippen molar-refractivity contribution in [3.8, 4) is 5.75 Å². The van der Waals surface area contributed by atoms with E-state index >= 15 is 0 Å². The van der Waals surface area contributed by atoms with Gasteiger partial charge in [0.15, 0.2) is 5.75 Å². The number of nitrogens with one attached hydrogen (secondary N) is 1. The van der Waals surface area contributed by atoms with E-state index in [1.807, 2.05) is 0 Å². The van der Waals surface area contributed by atoms with Crippen LogP contribution in [0.2, 0.25) is 5.02 Å². The number of amides is 1.